The van der Waals surface area contributed by atoms with E-state index < -0.39 is 46.0 Å². The highest BCUT2D eigenvalue weighted by Gasteiger charge is 2.66. The topological polar surface area (TPSA) is 95.9 Å². The van der Waals surface area contributed by atoms with E-state index in [2.05, 4.69) is 5.32 Å². The van der Waals surface area contributed by atoms with Crippen molar-refractivity contribution in [1.29, 1.82) is 0 Å². The number of fused-ring (bicyclic) bond motifs is 1. The normalized spacial score (nSPS) is 27.3. The maximum atomic E-state index is 12.7. The highest BCUT2D eigenvalue weighted by molar-refractivity contribution is 8.01. The van der Waals surface area contributed by atoms with Crippen LogP contribution in [0.5, 0.6) is 0 Å². The predicted molar refractivity (Wildman–Crippen MR) is 95.9 cm³/mol. The number of esters is 1. The lowest BCUT2D eigenvalue weighted by Gasteiger charge is -2.45. The lowest BCUT2D eigenvalue weighted by molar-refractivity contribution is -0.173. The van der Waals surface area contributed by atoms with Gasteiger partial charge in [-0.2, -0.15) is 0 Å². The van der Waals surface area contributed by atoms with Gasteiger partial charge in [-0.15, -0.1) is 11.8 Å². The van der Waals surface area contributed by atoms with Crippen molar-refractivity contribution >= 4 is 29.5 Å². The smallest absolute Gasteiger partial charge is 0.330 e. The summed E-state index contributed by atoms with van der Waals surface area (Å²) >= 11 is 1.41. The average molecular weight is 378 g/mol. The van der Waals surface area contributed by atoms with E-state index in [1.165, 1.54) is 23.7 Å². The number of aliphatic hydroxyl groups excluding tert-OH is 1. The zero-order valence-corrected chi connectivity index (χ0v) is 15.7. The number of carbonyl (C=O) groups is 3. The van der Waals surface area contributed by atoms with Crippen molar-refractivity contribution in [1.82, 2.24) is 10.2 Å². The van der Waals surface area contributed by atoms with Crippen LogP contribution in [0.1, 0.15) is 19.4 Å². The molecule has 2 aliphatic heterocycles. The second-order valence-electron chi connectivity index (χ2n) is 6.94. The highest BCUT2D eigenvalue weighted by Crippen LogP contribution is 2.54. The minimum Gasteiger partial charge on any atom is -0.459 e. The zero-order valence-electron chi connectivity index (χ0n) is 14.8. The number of hydrogen-bond acceptors (Lipinski definition) is 6. The van der Waals surface area contributed by atoms with Gasteiger partial charge in [-0.05, 0) is 19.4 Å². The first-order valence-corrected chi connectivity index (χ1v) is 9.26. The zero-order chi connectivity index (χ0) is 19.1. The first kappa shape index (κ1) is 18.7. The van der Waals surface area contributed by atoms with Gasteiger partial charge in [-0.1, -0.05) is 30.3 Å². The molecule has 140 valence electrons. The van der Waals surface area contributed by atoms with Crippen LogP contribution in [0.3, 0.4) is 0 Å². The maximum absolute atomic E-state index is 12.7. The molecule has 4 atom stereocenters. The van der Waals surface area contributed by atoms with Crippen LogP contribution in [0, 0.1) is 5.92 Å². The van der Waals surface area contributed by atoms with Gasteiger partial charge in [0.05, 0.1) is 5.37 Å². The van der Waals surface area contributed by atoms with Gasteiger partial charge in [-0.25, -0.2) is 4.79 Å². The number of β-lactam (4-membered cyclic amide) rings is 1. The van der Waals surface area contributed by atoms with Crippen LogP contribution in [0.15, 0.2) is 30.3 Å². The first-order valence-electron chi connectivity index (χ1n) is 8.38. The molecule has 2 amide bonds. The van der Waals surface area contributed by atoms with E-state index in [4.69, 9.17) is 4.74 Å². The minimum atomic E-state index is -1.42. The molecule has 2 N–H and O–H groups in total. The lowest BCUT2D eigenvalue weighted by Crippen LogP contribution is -2.67. The Morgan fingerprint density at radius 1 is 1.35 bits per heavy atom. The van der Waals surface area contributed by atoms with Crippen LogP contribution in [0.4, 0.5) is 0 Å². The average Bonchev–Trinajstić information content (AvgIpc) is 2.87. The van der Waals surface area contributed by atoms with Crippen LogP contribution >= 0.6 is 11.8 Å². The molecule has 0 aromatic heterocycles. The number of thioether (sulfide) groups is 1. The molecule has 1 aromatic rings. The van der Waals surface area contributed by atoms with Gasteiger partial charge in [0.1, 0.15) is 24.7 Å². The Balaban J connectivity index is 1.72. The van der Waals surface area contributed by atoms with Crippen molar-refractivity contribution in [2.75, 3.05) is 7.05 Å². The molecule has 2 heterocycles. The Kier molecular flexibility index (Phi) is 4.98. The Bertz CT molecular complexity index is 724. The summed E-state index contributed by atoms with van der Waals surface area (Å²) < 4.78 is 4.85. The standard InChI is InChI=1S/C18H22N2O5S/c1-18(2)13(17(24)25-9-10-7-5-4-6-8-10)20-15(23)11(16(20)26-18)12(21)14(22)19-3/h4-8,11-13,16,21H,9H2,1-3H3,(H,19,22)/t11-,12+,13+,16-/m1/s1. The third kappa shape index (κ3) is 3.07. The number of nitrogens with zero attached hydrogens (tertiary/aromatic N) is 1. The van der Waals surface area contributed by atoms with Crippen LogP contribution in [-0.4, -0.2) is 57.1 Å². The molecule has 2 aliphatic rings. The molecule has 26 heavy (non-hydrogen) atoms. The van der Waals surface area contributed by atoms with Crippen molar-refractivity contribution in [3.05, 3.63) is 35.9 Å². The molecule has 2 fully saturated rings. The van der Waals surface area contributed by atoms with Gasteiger partial charge in [0, 0.05) is 11.8 Å². The minimum absolute atomic E-state index is 0.133. The molecule has 0 unspecified atom stereocenters. The molecule has 0 radical (unpaired) electrons. The Hall–Kier alpha value is -2.06. The number of aliphatic hydroxyl groups is 1. The van der Waals surface area contributed by atoms with Gasteiger partial charge in [0.25, 0.3) is 0 Å². The molecule has 3 rings (SSSR count). The predicted octanol–water partition coefficient (Wildman–Crippen LogP) is 0.515. The van der Waals surface area contributed by atoms with Crippen LogP contribution in [0.25, 0.3) is 0 Å². The molecule has 0 spiro atoms. The van der Waals surface area contributed by atoms with E-state index >= 15 is 0 Å². The van der Waals surface area contributed by atoms with E-state index in [1.54, 1.807) is 0 Å². The summed E-state index contributed by atoms with van der Waals surface area (Å²) in [5.74, 6) is -2.32. The van der Waals surface area contributed by atoms with E-state index in [1.807, 2.05) is 44.2 Å². The van der Waals surface area contributed by atoms with Crippen molar-refractivity contribution in [3.8, 4) is 0 Å². The number of nitrogens with one attached hydrogen (secondary N) is 1. The van der Waals surface area contributed by atoms with Crippen LogP contribution in [0.2, 0.25) is 0 Å². The highest BCUT2D eigenvalue weighted by atomic mass is 32.2. The lowest BCUT2D eigenvalue weighted by atomic mass is 9.87. The van der Waals surface area contributed by atoms with E-state index in [-0.39, 0.29) is 6.61 Å². The van der Waals surface area contributed by atoms with E-state index in [0.29, 0.717) is 0 Å². The number of benzene rings is 1. The molecule has 0 bridgehead atoms. The summed E-state index contributed by atoms with van der Waals surface area (Å²) in [6.07, 6.45) is -1.42. The second kappa shape index (κ2) is 6.92. The quantitative estimate of drug-likeness (QED) is 0.573. The van der Waals surface area contributed by atoms with Gasteiger partial charge in [0.2, 0.25) is 11.8 Å². The molecule has 8 heteroatoms. The summed E-state index contributed by atoms with van der Waals surface area (Å²) in [7, 11) is 1.40. The Morgan fingerprint density at radius 2 is 2.00 bits per heavy atom. The van der Waals surface area contributed by atoms with Crippen molar-refractivity contribution in [2.45, 2.75) is 42.7 Å². The number of rotatable bonds is 5. The summed E-state index contributed by atoms with van der Waals surface area (Å²) in [4.78, 5) is 38.3. The summed E-state index contributed by atoms with van der Waals surface area (Å²) in [5.41, 5.74) is 0.865. The van der Waals surface area contributed by atoms with Crippen molar-refractivity contribution < 1.29 is 24.2 Å². The van der Waals surface area contributed by atoms with Crippen LogP contribution < -0.4 is 5.32 Å². The summed E-state index contributed by atoms with van der Waals surface area (Å²) in [5, 5.41) is 12.0. The number of hydrogen-bond donors (Lipinski definition) is 2. The van der Waals surface area contributed by atoms with Crippen molar-refractivity contribution in [2.24, 2.45) is 5.92 Å². The summed E-state index contributed by atoms with van der Waals surface area (Å²) in [6.45, 7) is 3.86. The molecule has 1 aromatic carbocycles. The third-order valence-corrected chi connectivity index (χ3v) is 6.38. The van der Waals surface area contributed by atoms with Gasteiger partial charge in [0.15, 0.2) is 0 Å². The number of amides is 2. The second-order valence-corrected chi connectivity index (χ2v) is 8.71. The van der Waals surface area contributed by atoms with Gasteiger partial charge < -0.3 is 20.1 Å². The fraction of sp³-hybridized carbons (Fsp3) is 0.500. The summed E-state index contributed by atoms with van der Waals surface area (Å²) in [6, 6.07) is 8.56. The van der Waals surface area contributed by atoms with Crippen molar-refractivity contribution in [3.63, 3.8) is 0 Å². The number of likely N-dealkylation sites (N-methyl/N-ethyl adjacent to an activating group) is 1. The number of carbonyl (C=O) groups excluding carboxylic acids is 3. The Labute approximate surface area is 156 Å². The SMILES string of the molecule is CNC(=O)[C@@H](O)[C@@H]1C(=O)N2[C@@H]1SC(C)(C)[C@@H]2C(=O)OCc1ccccc1. The number of ether oxygens (including phenoxy) is 1. The Morgan fingerprint density at radius 3 is 2.62 bits per heavy atom. The molecular formula is C18H22N2O5S. The largest absolute Gasteiger partial charge is 0.459 e. The molecular weight excluding hydrogens is 356 g/mol. The van der Waals surface area contributed by atoms with Gasteiger partial charge >= 0.3 is 5.97 Å². The van der Waals surface area contributed by atoms with Gasteiger partial charge in [-0.3, -0.25) is 9.59 Å². The molecule has 7 nitrogen and oxygen atoms in total. The monoisotopic (exact) mass is 378 g/mol. The van der Waals surface area contributed by atoms with E-state index in [0.717, 1.165) is 5.56 Å². The fourth-order valence-corrected chi connectivity index (χ4v) is 5.14. The molecule has 0 aliphatic carbocycles. The molecule has 0 saturated carbocycles. The first-order chi connectivity index (χ1) is 12.3. The fourth-order valence-electron chi connectivity index (χ4n) is 3.43. The van der Waals surface area contributed by atoms with Crippen LogP contribution in [-0.2, 0) is 25.7 Å². The van der Waals surface area contributed by atoms with E-state index in [9.17, 15) is 19.5 Å². The molecule has 2 saturated heterocycles. The third-order valence-electron chi connectivity index (χ3n) is 4.78. The maximum Gasteiger partial charge on any atom is 0.330 e.